The zero-order valence-electron chi connectivity index (χ0n) is 14.4. The molecule has 0 radical (unpaired) electrons. The quantitative estimate of drug-likeness (QED) is 0.846. The highest BCUT2D eigenvalue weighted by Crippen LogP contribution is 2.41. The molecule has 1 aliphatic heterocycles. The van der Waals surface area contributed by atoms with Crippen molar-refractivity contribution in [3.63, 3.8) is 0 Å². The van der Waals surface area contributed by atoms with Crippen molar-refractivity contribution < 1.29 is 18.3 Å². The van der Waals surface area contributed by atoms with Crippen LogP contribution in [0.3, 0.4) is 0 Å². The Balaban J connectivity index is 1.88. The summed E-state index contributed by atoms with van der Waals surface area (Å²) >= 11 is 0. The summed E-state index contributed by atoms with van der Waals surface area (Å²) in [5.74, 6) is 1.34. The Hall–Kier alpha value is -2.63. The Kier molecular flexibility index (Phi) is 4.37. The molecule has 0 unspecified atom stereocenters. The van der Waals surface area contributed by atoms with Gasteiger partial charge in [-0.15, -0.1) is 0 Å². The third-order valence-corrected chi connectivity index (χ3v) is 4.01. The van der Waals surface area contributed by atoms with Crippen molar-refractivity contribution in [1.29, 1.82) is 0 Å². The van der Waals surface area contributed by atoms with E-state index in [1.165, 1.54) is 0 Å². The minimum Gasteiger partial charge on any atom is -0.479 e. The summed E-state index contributed by atoms with van der Waals surface area (Å²) in [5, 5.41) is 3.15. The van der Waals surface area contributed by atoms with Gasteiger partial charge in [-0.3, -0.25) is 0 Å². The Morgan fingerprint density at radius 3 is 2.68 bits per heavy atom. The van der Waals surface area contributed by atoms with Gasteiger partial charge in [0, 0.05) is 17.5 Å². The minimum absolute atomic E-state index is 0.0345. The average Bonchev–Trinajstić information content (AvgIpc) is 2.55. The molecule has 0 spiro atoms. The predicted octanol–water partition coefficient (Wildman–Crippen LogP) is 5.00. The molecular weight excluding hydrogens is 326 g/mol. The number of benzene rings is 1. The number of hydrogen-bond donors (Lipinski definition) is 1. The summed E-state index contributed by atoms with van der Waals surface area (Å²) in [6.45, 7) is 9.14. The smallest absolute Gasteiger partial charge is 0.433 e. The number of fused-ring (bicyclic) bond motifs is 1. The maximum atomic E-state index is 13.4. The number of nitrogens with one attached hydrogen (secondary N) is 1. The van der Waals surface area contributed by atoms with Gasteiger partial charge < -0.3 is 14.8 Å². The largest absolute Gasteiger partial charge is 0.479 e. The monoisotopic (exact) mass is 346 g/mol. The highest BCUT2D eigenvalue weighted by atomic mass is 19.3. The summed E-state index contributed by atoms with van der Waals surface area (Å²) in [5.41, 5.74) is 3.33. The van der Waals surface area contributed by atoms with Gasteiger partial charge in [-0.1, -0.05) is 20.4 Å². The lowest BCUT2D eigenvalue weighted by molar-refractivity contribution is -0.208. The van der Waals surface area contributed by atoms with Crippen molar-refractivity contribution in [2.45, 2.75) is 26.9 Å². The second kappa shape index (κ2) is 6.35. The molecule has 0 saturated heterocycles. The van der Waals surface area contributed by atoms with E-state index in [2.05, 4.69) is 16.9 Å². The molecule has 1 aromatic heterocycles. The number of hydrogen-bond acceptors (Lipinski definition) is 4. The number of pyridine rings is 1. The Morgan fingerprint density at radius 1 is 1.28 bits per heavy atom. The second-order valence-electron chi connectivity index (χ2n) is 6.38. The Morgan fingerprint density at radius 2 is 2.04 bits per heavy atom. The van der Waals surface area contributed by atoms with Gasteiger partial charge in [-0.25, -0.2) is 4.98 Å². The zero-order valence-corrected chi connectivity index (χ0v) is 14.4. The zero-order chi connectivity index (χ0) is 18.2. The fourth-order valence-corrected chi connectivity index (χ4v) is 2.45. The molecule has 1 aromatic carbocycles. The maximum Gasteiger partial charge on any atom is 0.433 e. The average molecular weight is 346 g/mol. The van der Waals surface area contributed by atoms with Crippen LogP contribution >= 0.6 is 0 Å². The summed E-state index contributed by atoms with van der Waals surface area (Å²) in [7, 11) is 0. The molecule has 6 heteroatoms. The van der Waals surface area contributed by atoms with E-state index >= 15 is 0 Å². The molecule has 0 aliphatic carbocycles. The van der Waals surface area contributed by atoms with Crippen LogP contribution < -0.4 is 14.8 Å². The summed E-state index contributed by atoms with van der Waals surface area (Å²) in [6.07, 6.45) is -1.63. The lowest BCUT2D eigenvalue weighted by Gasteiger charge is -2.26. The number of halogens is 2. The van der Waals surface area contributed by atoms with Crippen molar-refractivity contribution in [3.8, 4) is 22.6 Å². The van der Waals surface area contributed by atoms with E-state index in [9.17, 15) is 8.78 Å². The molecule has 0 saturated carbocycles. The molecule has 1 N–H and O–H groups in total. The first-order valence-corrected chi connectivity index (χ1v) is 8.02. The number of ether oxygens (including phenoxy) is 2. The van der Waals surface area contributed by atoms with Crippen LogP contribution in [0.5, 0.6) is 11.5 Å². The van der Waals surface area contributed by atoms with Gasteiger partial charge >= 0.3 is 6.11 Å². The van der Waals surface area contributed by atoms with Gasteiger partial charge in [0.2, 0.25) is 0 Å². The lowest BCUT2D eigenvalue weighted by atomic mass is 10.0. The van der Waals surface area contributed by atoms with Gasteiger partial charge in [0.05, 0.1) is 0 Å². The van der Waals surface area contributed by atoms with Gasteiger partial charge in [0.15, 0.2) is 18.1 Å². The first-order valence-electron chi connectivity index (χ1n) is 8.02. The summed E-state index contributed by atoms with van der Waals surface area (Å²) in [4.78, 5) is 4.37. The molecular formula is C19H20F2N2O2. The molecule has 0 fully saturated rings. The van der Waals surface area contributed by atoms with Crippen molar-refractivity contribution in [2.24, 2.45) is 5.92 Å². The fraction of sp³-hybridized carbons (Fsp3) is 0.316. The predicted molar refractivity (Wildman–Crippen MR) is 93.1 cm³/mol. The third-order valence-electron chi connectivity index (χ3n) is 4.01. The van der Waals surface area contributed by atoms with Crippen molar-refractivity contribution in [3.05, 3.63) is 48.3 Å². The number of alkyl halides is 2. The first kappa shape index (κ1) is 17.2. The van der Waals surface area contributed by atoms with Crippen LogP contribution in [0.1, 0.15) is 19.4 Å². The molecule has 4 nitrogen and oxygen atoms in total. The highest BCUT2D eigenvalue weighted by molar-refractivity contribution is 5.71. The first-order chi connectivity index (χ1) is 11.7. The summed E-state index contributed by atoms with van der Waals surface area (Å²) < 4.78 is 36.6. The molecule has 0 atom stereocenters. The van der Waals surface area contributed by atoms with Crippen LogP contribution in [0.25, 0.3) is 11.1 Å². The maximum absolute atomic E-state index is 13.4. The van der Waals surface area contributed by atoms with E-state index in [1.54, 1.807) is 18.3 Å². The molecule has 132 valence electrons. The van der Waals surface area contributed by atoms with E-state index in [0.29, 0.717) is 17.5 Å². The fourth-order valence-electron chi connectivity index (χ4n) is 2.45. The van der Waals surface area contributed by atoms with Gasteiger partial charge in [-0.05, 0) is 48.2 Å². The van der Waals surface area contributed by atoms with Gasteiger partial charge in [0.25, 0.3) is 0 Å². The van der Waals surface area contributed by atoms with Crippen LogP contribution in [0.2, 0.25) is 0 Å². The van der Waals surface area contributed by atoms with Crippen molar-refractivity contribution >= 4 is 5.82 Å². The van der Waals surface area contributed by atoms with Crippen molar-refractivity contribution in [1.82, 2.24) is 4.98 Å². The van der Waals surface area contributed by atoms with Gasteiger partial charge in [0.1, 0.15) is 5.82 Å². The van der Waals surface area contributed by atoms with E-state index in [-0.39, 0.29) is 5.75 Å². The van der Waals surface area contributed by atoms with Crippen LogP contribution in [0.4, 0.5) is 14.6 Å². The van der Waals surface area contributed by atoms with Gasteiger partial charge in [-0.2, -0.15) is 8.78 Å². The van der Waals surface area contributed by atoms with Crippen LogP contribution in [-0.4, -0.2) is 17.7 Å². The van der Waals surface area contributed by atoms with Crippen molar-refractivity contribution in [2.75, 3.05) is 11.9 Å². The third kappa shape index (κ3) is 3.73. The number of allylic oxidation sites excluding steroid dienone is 1. The Labute approximate surface area is 145 Å². The molecule has 1 aliphatic rings. The molecule has 25 heavy (non-hydrogen) atoms. The molecule has 3 rings (SSSR count). The highest BCUT2D eigenvalue weighted by Gasteiger charge is 2.38. The normalized spacial score (nSPS) is 15.1. The molecule has 2 heterocycles. The topological polar surface area (TPSA) is 43.4 Å². The van der Waals surface area contributed by atoms with Crippen LogP contribution in [-0.2, 0) is 0 Å². The SMILES string of the molecule is C=C(Nc1ccc(-c2cc3c(cc2C)OCC(F)(F)O3)cn1)C(C)C. The number of anilines is 1. The van der Waals surface area contributed by atoms with E-state index in [0.717, 1.165) is 22.4 Å². The minimum atomic E-state index is -3.32. The van der Waals surface area contributed by atoms with E-state index in [1.807, 2.05) is 32.9 Å². The van der Waals surface area contributed by atoms with E-state index < -0.39 is 12.7 Å². The number of aryl methyl sites for hydroxylation is 1. The second-order valence-corrected chi connectivity index (χ2v) is 6.38. The lowest BCUT2D eigenvalue weighted by Crippen LogP contribution is -2.36. The van der Waals surface area contributed by atoms with Crippen LogP contribution in [0.15, 0.2) is 42.7 Å². The van der Waals surface area contributed by atoms with Crippen LogP contribution in [0, 0.1) is 12.8 Å². The number of aromatic nitrogens is 1. The number of rotatable bonds is 4. The molecule has 2 aromatic rings. The molecule has 0 amide bonds. The number of nitrogens with zero attached hydrogens (tertiary/aromatic N) is 1. The summed E-state index contributed by atoms with van der Waals surface area (Å²) in [6, 6.07) is 6.97. The molecule has 0 bridgehead atoms. The standard InChI is InChI=1S/C19H20F2N2O2/c1-11(2)13(4)23-18-6-5-14(9-22-18)15-8-17-16(7-12(15)3)24-10-19(20,21)25-17/h5-9,11H,4,10H2,1-3H3,(H,22,23). The Bertz CT molecular complexity index is 802. The van der Waals surface area contributed by atoms with E-state index in [4.69, 9.17) is 9.47 Å².